The summed E-state index contributed by atoms with van der Waals surface area (Å²) in [5, 5.41) is 0. The molecule has 0 amide bonds. The number of hydrogen-bond donors (Lipinski definition) is 1. The van der Waals surface area contributed by atoms with Crippen molar-refractivity contribution in [1.82, 2.24) is 0 Å². The highest BCUT2D eigenvalue weighted by atomic mass is 79.9. The van der Waals surface area contributed by atoms with E-state index in [2.05, 4.69) is 15.9 Å². The van der Waals surface area contributed by atoms with Crippen LogP contribution in [0.5, 0.6) is 0 Å². The van der Waals surface area contributed by atoms with Crippen molar-refractivity contribution in [3.63, 3.8) is 0 Å². The molecule has 0 atom stereocenters. The molecular formula is C10H12BrF2NO2S. The topological polar surface area (TPSA) is 46.2 Å². The van der Waals surface area contributed by atoms with Crippen LogP contribution in [0, 0.1) is 11.6 Å². The largest absolute Gasteiger partial charge is 0.278 e. The van der Waals surface area contributed by atoms with Gasteiger partial charge in [0.05, 0.1) is 5.75 Å². The lowest BCUT2D eigenvalue weighted by atomic mass is 10.3. The molecule has 0 fully saturated rings. The molecule has 0 aliphatic carbocycles. The molecule has 3 nitrogen and oxygen atoms in total. The van der Waals surface area contributed by atoms with Gasteiger partial charge in [-0.1, -0.05) is 29.3 Å². The molecule has 0 aliphatic rings. The van der Waals surface area contributed by atoms with E-state index in [1.165, 1.54) is 0 Å². The van der Waals surface area contributed by atoms with Crippen LogP contribution in [-0.2, 0) is 10.0 Å². The highest BCUT2D eigenvalue weighted by Crippen LogP contribution is 2.24. The standard InChI is InChI=1S/C10H12BrF2NO2S/c1-2-3-4-17(15,16)14-10-8(12)5-7(11)6-9(10)13/h5-6,14H,2-4H2,1H3. The monoisotopic (exact) mass is 327 g/mol. The van der Waals surface area contributed by atoms with Crippen molar-refractivity contribution in [3.05, 3.63) is 28.2 Å². The van der Waals surface area contributed by atoms with Crippen molar-refractivity contribution in [3.8, 4) is 0 Å². The van der Waals surface area contributed by atoms with Crippen LogP contribution in [0.15, 0.2) is 16.6 Å². The second-order valence-electron chi connectivity index (χ2n) is 3.52. The molecule has 1 aromatic rings. The van der Waals surface area contributed by atoms with Crippen molar-refractivity contribution in [2.45, 2.75) is 19.8 Å². The molecule has 0 saturated heterocycles. The molecule has 96 valence electrons. The third-order valence-corrected chi connectivity index (χ3v) is 3.83. The van der Waals surface area contributed by atoms with Crippen LogP contribution in [0.4, 0.5) is 14.5 Å². The second-order valence-corrected chi connectivity index (χ2v) is 6.28. The maximum absolute atomic E-state index is 13.4. The Balaban J connectivity index is 2.96. The minimum Gasteiger partial charge on any atom is -0.278 e. The molecule has 0 heterocycles. The third-order valence-electron chi connectivity index (χ3n) is 2.03. The minimum absolute atomic E-state index is 0.154. The Morgan fingerprint density at radius 2 is 1.82 bits per heavy atom. The van der Waals surface area contributed by atoms with Crippen molar-refractivity contribution in [2.75, 3.05) is 10.5 Å². The van der Waals surface area contributed by atoms with E-state index in [-0.39, 0.29) is 10.2 Å². The molecule has 17 heavy (non-hydrogen) atoms. The first-order chi connectivity index (χ1) is 7.85. The zero-order chi connectivity index (χ0) is 13.1. The first kappa shape index (κ1) is 14.4. The SMILES string of the molecule is CCCCS(=O)(=O)Nc1c(F)cc(Br)cc1F. The van der Waals surface area contributed by atoms with Gasteiger partial charge in [0.1, 0.15) is 5.69 Å². The highest BCUT2D eigenvalue weighted by molar-refractivity contribution is 9.10. The summed E-state index contributed by atoms with van der Waals surface area (Å²) in [7, 11) is -3.70. The average molecular weight is 328 g/mol. The van der Waals surface area contributed by atoms with Gasteiger partial charge in [0, 0.05) is 4.47 Å². The highest BCUT2D eigenvalue weighted by Gasteiger charge is 2.17. The summed E-state index contributed by atoms with van der Waals surface area (Å²) in [6.45, 7) is 1.83. The van der Waals surface area contributed by atoms with Crippen molar-refractivity contribution in [2.24, 2.45) is 0 Å². The van der Waals surface area contributed by atoms with Gasteiger partial charge in [0.15, 0.2) is 11.6 Å². The average Bonchev–Trinajstić information content (AvgIpc) is 2.21. The lowest BCUT2D eigenvalue weighted by Crippen LogP contribution is -2.18. The Hall–Kier alpha value is -0.690. The molecule has 0 aliphatic heterocycles. The van der Waals surface area contributed by atoms with E-state index in [4.69, 9.17) is 0 Å². The van der Waals surface area contributed by atoms with Crippen molar-refractivity contribution < 1.29 is 17.2 Å². The molecule has 1 rings (SSSR count). The van der Waals surface area contributed by atoms with E-state index >= 15 is 0 Å². The second kappa shape index (κ2) is 5.77. The first-order valence-electron chi connectivity index (χ1n) is 5.00. The summed E-state index contributed by atoms with van der Waals surface area (Å²) in [4.78, 5) is 0. The van der Waals surface area contributed by atoms with Gasteiger partial charge in [-0.05, 0) is 18.6 Å². The number of nitrogens with one attached hydrogen (secondary N) is 1. The number of halogens is 3. The summed E-state index contributed by atoms with van der Waals surface area (Å²) >= 11 is 2.91. The summed E-state index contributed by atoms with van der Waals surface area (Å²) < 4.78 is 51.8. The van der Waals surface area contributed by atoms with Gasteiger partial charge in [-0.25, -0.2) is 17.2 Å². The van der Waals surface area contributed by atoms with Crippen LogP contribution < -0.4 is 4.72 Å². The fourth-order valence-corrected chi connectivity index (χ4v) is 2.86. The molecule has 7 heteroatoms. The van der Waals surface area contributed by atoms with Crippen LogP contribution in [0.2, 0.25) is 0 Å². The maximum atomic E-state index is 13.4. The van der Waals surface area contributed by atoms with E-state index in [1.54, 1.807) is 0 Å². The van der Waals surface area contributed by atoms with Gasteiger partial charge in [-0.3, -0.25) is 4.72 Å². The maximum Gasteiger partial charge on any atom is 0.232 e. The van der Waals surface area contributed by atoms with Crippen LogP contribution in [-0.4, -0.2) is 14.2 Å². The predicted octanol–water partition coefficient (Wildman–Crippen LogP) is 3.27. The van der Waals surface area contributed by atoms with Gasteiger partial charge < -0.3 is 0 Å². The molecule has 0 radical (unpaired) electrons. The smallest absolute Gasteiger partial charge is 0.232 e. The number of unbranched alkanes of at least 4 members (excludes halogenated alkanes) is 1. The number of rotatable bonds is 5. The summed E-state index contributed by atoms with van der Waals surface area (Å²) in [5.41, 5.74) is -0.635. The Morgan fingerprint density at radius 1 is 1.29 bits per heavy atom. The van der Waals surface area contributed by atoms with Gasteiger partial charge >= 0.3 is 0 Å². The Bertz CT molecular complexity index is 482. The van der Waals surface area contributed by atoms with Crippen molar-refractivity contribution in [1.29, 1.82) is 0 Å². The molecular weight excluding hydrogens is 316 g/mol. The number of benzene rings is 1. The van der Waals surface area contributed by atoms with E-state index in [0.29, 0.717) is 12.8 Å². The molecule has 0 bridgehead atoms. The third kappa shape index (κ3) is 4.23. The molecule has 0 spiro atoms. The van der Waals surface area contributed by atoms with Crippen LogP contribution in [0.1, 0.15) is 19.8 Å². The minimum atomic E-state index is -3.70. The lowest BCUT2D eigenvalue weighted by molar-refractivity contribution is 0.580. The fourth-order valence-electron chi connectivity index (χ4n) is 1.18. The van der Waals surface area contributed by atoms with E-state index < -0.39 is 27.3 Å². The fraction of sp³-hybridized carbons (Fsp3) is 0.400. The summed E-state index contributed by atoms with van der Waals surface area (Å²) in [6.07, 6.45) is 1.13. The Labute approximate surface area is 107 Å². The van der Waals surface area contributed by atoms with Gasteiger partial charge in [0.2, 0.25) is 10.0 Å². The van der Waals surface area contributed by atoms with Gasteiger partial charge in [-0.2, -0.15) is 0 Å². The summed E-state index contributed by atoms with van der Waals surface area (Å²) in [6, 6.07) is 2.00. The quantitative estimate of drug-likeness (QED) is 0.902. The first-order valence-corrected chi connectivity index (χ1v) is 7.45. The zero-order valence-corrected chi connectivity index (χ0v) is 11.5. The zero-order valence-electron chi connectivity index (χ0n) is 9.13. The van der Waals surface area contributed by atoms with Gasteiger partial charge in [0.25, 0.3) is 0 Å². The van der Waals surface area contributed by atoms with Gasteiger partial charge in [-0.15, -0.1) is 0 Å². The Kier molecular flexibility index (Phi) is 4.88. The molecule has 0 saturated carbocycles. The number of anilines is 1. The number of hydrogen-bond acceptors (Lipinski definition) is 2. The van der Waals surface area contributed by atoms with E-state index in [0.717, 1.165) is 12.1 Å². The summed E-state index contributed by atoms with van der Waals surface area (Å²) in [5.74, 6) is -2.05. The number of sulfonamides is 1. The van der Waals surface area contributed by atoms with Crippen molar-refractivity contribution >= 4 is 31.6 Å². The lowest BCUT2D eigenvalue weighted by Gasteiger charge is -2.09. The molecule has 0 unspecified atom stereocenters. The van der Waals surface area contributed by atoms with E-state index in [1.807, 2.05) is 11.6 Å². The van der Waals surface area contributed by atoms with Crippen LogP contribution in [0.3, 0.4) is 0 Å². The molecule has 1 N–H and O–H groups in total. The van der Waals surface area contributed by atoms with E-state index in [9.17, 15) is 17.2 Å². The Morgan fingerprint density at radius 3 is 2.29 bits per heavy atom. The molecule has 1 aromatic carbocycles. The van der Waals surface area contributed by atoms with Crippen LogP contribution >= 0.6 is 15.9 Å². The molecule has 0 aromatic heterocycles. The normalized spacial score (nSPS) is 11.5. The predicted molar refractivity (Wildman–Crippen MR) is 66.4 cm³/mol. The van der Waals surface area contributed by atoms with Crippen LogP contribution in [0.25, 0.3) is 0 Å².